The molecule has 0 saturated heterocycles. The van der Waals surface area contributed by atoms with Gasteiger partial charge < -0.3 is 0 Å². The maximum Gasteiger partial charge on any atom is 0.140 e. The van der Waals surface area contributed by atoms with Crippen molar-refractivity contribution in [2.24, 2.45) is 0 Å². The Morgan fingerprint density at radius 1 is 1.31 bits per heavy atom. The van der Waals surface area contributed by atoms with Crippen LogP contribution in [0.4, 0.5) is 0 Å². The lowest BCUT2D eigenvalue weighted by Crippen LogP contribution is -1.88. The minimum atomic E-state index is 0.503. The molecule has 0 N–H and O–H groups in total. The Balaban J connectivity index is 2.40. The Hall–Kier alpha value is -1.41. The fraction of sp³-hybridized carbons (Fsp3) is 0.231. The van der Waals surface area contributed by atoms with E-state index in [1.807, 2.05) is 12.1 Å². The Morgan fingerprint density at radius 2 is 2.19 bits per heavy atom. The molecule has 0 radical (unpaired) electrons. The number of aromatic nitrogens is 2. The van der Waals surface area contributed by atoms with E-state index in [2.05, 4.69) is 29.0 Å². The minimum absolute atomic E-state index is 0.503. The van der Waals surface area contributed by atoms with Crippen molar-refractivity contribution in [3.63, 3.8) is 0 Å². The number of aryl methyl sites for hydroxylation is 1. The Kier molecular flexibility index (Phi) is 3.52. The SMILES string of the molecule is CCCc1cccc(-c2cncnc2Cl)c1. The number of halogens is 1. The minimum Gasteiger partial charge on any atom is -0.244 e. The molecule has 1 aromatic carbocycles. The standard InChI is InChI=1S/C13H13ClN2/c1-2-4-10-5-3-6-11(7-10)12-8-15-9-16-13(12)14/h3,5-9H,2,4H2,1H3. The first-order chi connectivity index (χ1) is 7.81. The van der Waals surface area contributed by atoms with Crippen LogP contribution in [0.3, 0.4) is 0 Å². The molecule has 0 unspecified atom stereocenters. The summed E-state index contributed by atoms with van der Waals surface area (Å²) >= 11 is 6.04. The van der Waals surface area contributed by atoms with Gasteiger partial charge in [-0.15, -0.1) is 0 Å². The van der Waals surface area contributed by atoms with Crippen molar-refractivity contribution < 1.29 is 0 Å². The van der Waals surface area contributed by atoms with E-state index in [0.29, 0.717) is 5.15 Å². The Morgan fingerprint density at radius 3 is 2.94 bits per heavy atom. The van der Waals surface area contributed by atoms with Gasteiger partial charge in [-0.2, -0.15) is 0 Å². The monoisotopic (exact) mass is 232 g/mol. The van der Waals surface area contributed by atoms with Crippen molar-refractivity contribution in [2.45, 2.75) is 19.8 Å². The van der Waals surface area contributed by atoms with Crippen LogP contribution in [0.25, 0.3) is 11.1 Å². The number of hydrogen-bond donors (Lipinski definition) is 0. The molecule has 1 aromatic heterocycles. The van der Waals surface area contributed by atoms with Crippen molar-refractivity contribution >= 4 is 11.6 Å². The van der Waals surface area contributed by atoms with Crippen LogP contribution in [-0.4, -0.2) is 9.97 Å². The maximum atomic E-state index is 6.04. The molecule has 0 fully saturated rings. The zero-order valence-electron chi connectivity index (χ0n) is 9.15. The average molecular weight is 233 g/mol. The fourth-order valence-electron chi connectivity index (χ4n) is 1.69. The molecular formula is C13H13ClN2. The lowest BCUT2D eigenvalue weighted by molar-refractivity contribution is 0.922. The van der Waals surface area contributed by atoms with E-state index in [0.717, 1.165) is 24.0 Å². The highest BCUT2D eigenvalue weighted by Crippen LogP contribution is 2.25. The van der Waals surface area contributed by atoms with E-state index in [1.54, 1.807) is 6.20 Å². The summed E-state index contributed by atoms with van der Waals surface area (Å²) in [6.45, 7) is 2.17. The van der Waals surface area contributed by atoms with E-state index in [4.69, 9.17) is 11.6 Å². The Bertz CT molecular complexity index is 483. The largest absolute Gasteiger partial charge is 0.244 e. The molecule has 2 nitrogen and oxygen atoms in total. The predicted molar refractivity (Wildman–Crippen MR) is 66.5 cm³/mol. The molecule has 3 heteroatoms. The maximum absolute atomic E-state index is 6.04. The summed E-state index contributed by atoms with van der Waals surface area (Å²) < 4.78 is 0. The first-order valence-corrected chi connectivity index (χ1v) is 5.74. The van der Waals surface area contributed by atoms with Crippen LogP contribution in [0.2, 0.25) is 5.15 Å². The lowest BCUT2D eigenvalue weighted by Gasteiger charge is -2.05. The highest BCUT2D eigenvalue weighted by Gasteiger charge is 2.04. The van der Waals surface area contributed by atoms with Gasteiger partial charge in [0, 0.05) is 11.8 Å². The number of hydrogen-bond acceptors (Lipinski definition) is 2. The lowest BCUT2D eigenvalue weighted by atomic mass is 10.0. The van der Waals surface area contributed by atoms with Gasteiger partial charge in [-0.05, 0) is 17.5 Å². The molecule has 0 bridgehead atoms. The van der Waals surface area contributed by atoms with E-state index in [9.17, 15) is 0 Å². The van der Waals surface area contributed by atoms with Crippen LogP contribution < -0.4 is 0 Å². The van der Waals surface area contributed by atoms with E-state index >= 15 is 0 Å². The summed E-state index contributed by atoms with van der Waals surface area (Å²) in [5, 5.41) is 0.503. The molecule has 82 valence electrons. The van der Waals surface area contributed by atoms with Crippen molar-refractivity contribution in [3.05, 3.63) is 47.5 Å². The van der Waals surface area contributed by atoms with Crippen LogP contribution in [0.5, 0.6) is 0 Å². The third-order valence-electron chi connectivity index (χ3n) is 2.44. The van der Waals surface area contributed by atoms with Gasteiger partial charge in [0.25, 0.3) is 0 Å². The van der Waals surface area contributed by atoms with Gasteiger partial charge in [0.1, 0.15) is 11.5 Å². The molecule has 0 saturated carbocycles. The van der Waals surface area contributed by atoms with Crippen LogP contribution in [0.15, 0.2) is 36.8 Å². The zero-order valence-corrected chi connectivity index (χ0v) is 9.91. The van der Waals surface area contributed by atoms with Gasteiger partial charge in [0.2, 0.25) is 0 Å². The topological polar surface area (TPSA) is 25.8 Å². The van der Waals surface area contributed by atoms with Gasteiger partial charge in [0.05, 0.1) is 0 Å². The van der Waals surface area contributed by atoms with Gasteiger partial charge >= 0.3 is 0 Å². The molecule has 0 aliphatic heterocycles. The molecular weight excluding hydrogens is 220 g/mol. The van der Waals surface area contributed by atoms with E-state index in [1.165, 1.54) is 11.9 Å². The molecule has 2 rings (SSSR count). The molecule has 0 atom stereocenters. The second kappa shape index (κ2) is 5.08. The molecule has 0 aliphatic carbocycles. The van der Waals surface area contributed by atoms with Crippen molar-refractivity contribution in [2.75, 3.05) is 0 Å². The highest BCUT2D eigenvalue weighted by atomic mass is 35.5. The Labute approximate surface area is 100 Å². The third-order valence-corrected chi connectivity index (χ3v) is 2.74. The second-order valence-electron chi connectivity index (χ2n) is 3.68. The molecule has 0 spiro atoms. The van der Waals surface area contributed by atoms with Crippen LogP contribution in [0, 0.1) is 0 Å². The molecule has 16 heavy (non-hydrogen) atoms. The van der Waals surface area contributed by atoms with Crippen molar-refractivity contribution in [1.82, 2.24) is 9.97 Å². The van der Waals surface area contributed by atoms with Crippen LogP contribution in [0.1, 0.15) is 18.9 Å². The van der Waals surface area contributed by atoms with E-state index < -0.39 is 0 Å². The zero-order chi connectivity index (χ0) is 11.4. The number of rotatable bonds is 3. The van der Waals surface area contributed by atoms with Crippen molar-refractivity contribution in [1.29, 1.82) is 0 Å². The van der Waals surface area contributed by atoms with Gasteiger partial charge in [-0.3, -0.25) is 0 Å². The summed E-state index contributed by atoms with van der Waals surface area (Å²) in [6.07, 6.45) is 5.43. The molecule has 1 heterocycles. The first-order valence-electron chi connectivity index (χ1n) is 5.36. The summed E-state index contributed by atoms with van der Waals surface area (Å²) in [6, 6.07) is 8.35. The summed E-state index contributed by atoms with van der Waals surface area (Å²) in [5.41, 5.74) is 3.29. The quantitative estimate of drug-likeness (QED) is 0.754. The molecule has 0 aliphatic rings. The fourth-order valence-corrected chi connectivity index (χ4v) is 1.89. The van der Waals surface area contributed by atoms with Crippen LogP contribution in [-0.2, 0) is 6.42 Å². The molecule has 2 aromatic rings. The molecule has 0 amide bonds. The summed E-state index contributed by atoms with van der Waals surface area (Å²) in [4.78, 5) is 7.99. The smallest absolute Gasteiger partial charge is 0.140 e. The normalized spacial score (nSPS) is 10.4. The first kappa shape index (κ1) is 11.1. The number of nitrogens with zero attached hydrogens (tertiary/aromatic N) is 2. The second-order valence-corrected chi connectivity index (χ2v) is 4.04. The van der Waals surface area contributed by atoms with Gasteiger partial charge in [-0.1, -0.05) is 49.2 Å². The number of benzene rings is 1. The van der Waals surface area contributed by atoms with E-state index in [-0.39, 0.29) is 0 Å². The van der Waals surface area contributed by atoms with Crippen LogP contribution >= 0.6 is 11.6 Å². The van der Waals surface area contributed by atoms with Gasteiger partial charge in [-0.25, -0.2) is 9.97 Å². The highest BCUT2D eigenvalue weighted by molar-refractivity contribution is 6.32. The average Bonchev–Trinajstić information content (AvgIpc) is 2.30. The third kappa shape index (κ3) is 2.39. The summed E-state index contributed by atoms with van der Waals surface area (Å²) in [5.74, 6) is 0. The van der Waals surface area contributed by atoms with Gasteiger partial charge in [0.15, 0.2) is 0 Å². The summed E-state index contributed by atoms with van der Waals surface area (Å²) in [7, 11) is 0. The predicted octanol–water partition coefficient (Wildman–Crippen LogP) is 3.75. The van der Waals surface area contributed by atoms with Crippen molar-refractivity contribution in [3.8, 4) is 11.1 Å².